The first-order valence-corrected chi connectivity index (χ1v) is 6.50. The first-order chi connectivity index (χ1) is 9.77. The molecule has 9 heteroatoms. The number of carbonyl (C=O) groups excluding carboxylic acids is 2. The van der Waals surface area contributed by atoms with Crippen LogP contribution in [0, 0.1) is 0 Å². The number of rotatable bonds is 10. The third-order valence-electron chi connectivity index (χ3n) is 2.63. The van der Waals surface area contributed by atoms with Gasteiger partial charge in [-0.05, 0) is 25.8 Å². The second kappa shape index (κ2) is 9.70. The fourth-order valence-corrected chi connectivity index (χ4v) is 1.65. The van der Waals surface area contributed by atoms with Crippen LogP contribution in [0.25, 0.3) is 0 Å². The first kappa shape index (κ1) is 18.8. The molecule has 0 saturated carbocycles. The van der Waals surface area contributed by atoms with Crippen molar-refractivity contribution in [2.45, 2.75) is 44.7 Å². The molecule has 2 atom stereocenters. The molecular weight excluding hydrogens is 282 g/mol. The van der Waals surface area contributed by atoms with Crippen molar-refractivity contribution in [3.63, 3.8) is 0 Å². The van der Waals surface area contributed by atoms with Gasteiger partial charge >= 0.3 is 11.9 Å². The van der Waals surface area contributed by atoms with Crippen molar-refractivity contribution in [1.29, 1.82) is 0 Å². The van der Waals surface area contributed by atoms with Gasteiger partial charge in [0.05, 0.1) is 6.42 Å². The van der Waals surface area contributed by atoms with E-state index in [1.807, 2.05) is 0 Å². The molecule has 0 aromatic heterocycles. The summed E-state index contributed by atoms with van der Waals surface area (Å²) in [6.07, 6.45) is 0.681. The van der Waals surface area contributed by atoms with Crippen LogP contribution < -0.4 is 16.4 Å². The Labute approximate surface area is 121 Å². The summed E-state index contributed by atoms with van der Waals surface area (Å²) in [6, 6.07) is -2.45. The lowest BCUT2D eigenvalue weighted by atomic mass is 10.1. The van der Waals surface area contributed by atoms with Gasteiger partial charge in [0.2, 0.25) is 11.8 Å². The van der Waals surface area contributed by atoms with E-state index in [-0.39, 0.29) is 6.42 Å². The quantitative estimate of drug-likeness (QED) is 0.312. The molecule has 0 radical (unpaired) electrons. The smallest absolute Gasteiger partial charge is 0.326 e. The average Bonchev–Trinajstić information content (AvgIpc) is 2.35. The van der Waals surface area contributed by atoms with Crippen LogP contribution in [0.1, 0.15) is 32.6 Å². The third-order valence-corrected chi connectivity index (χ3v) is 2.63. The maximum Gasteiger partial charge on any atom is 0.326 e. The number of hydrogen-bond acceptors (Lipinski definition) is 5. The van der Waals surface area contributed by atoms with E-state index in [1.165, 1.54) is 0 Å². The largest absolute Gasteiger partial charge is 0.481 e. The van der Waals surface area contributed by atoms with Crippen LogP contribution >= 0.6 is 0 Å². The number of nitrogens with one attached hydrogen (secondary N) is 2. The van der Waals surface area contributed by atoms with Gasteiger partial charge in [-0.3, -0.25) is 14.4 Å². The zero-order chi connectivity index (χ0) is 16.4. The molecule has 0 heterocycles. The lowest BCUT2D eigenvalue weighted by Gasteiger charge is -2.19. The molecule has 0 aromatic carbocycles. The summed E-state index contributed by atoms with van der Waals surface area (Å²) >= 11 is 0. The molecule has 0 aromatic rings. The maximum absolute atomic E-state index is 11.9. The number of carboxylic acid groups (broad SMARTS) is 2. The van der Waals surface area contributed by atoms with Crippen molar-refractivity contribution < 1.29 is 29.4 Å². The molecule has 0 aliphatic rings. The van der Waals surface area contributed by atoms with Gasteiger partial charge in [0.15, 0.2) is 0 Å². The Morgan fingerprint density at radius 1 is 1.05 bits per heavy atom. The molecule has 0 unspecified atom stereocenters. The van der Waals surface area contributed by atoms with Gasteiger partial charge in [-0.25, -0.2) is 4.79 Å². The molecule has 21 heavy (non-hydrogen) atoms. The van der Waals surface area contributed by atoms with Crippen LogP contribution in [0.15, 0.2) is 0 Å². The average molecular weight is 303 g/mol. The highest BCUT2D eigenvalue weighted by Crippen LogP contribution is 2.02. The summed E-state index contributed by atoms with van der Waals surface area (Å²) < 4.78 is 0. The van der Waals surface area contributed by atoms with E-state index in [4.69, 9.17) is 15.9 Å². The van der Waals surface area contributed by atoms with Crippen molar-refractivity contribution in [3.8, 4) is 0 Å². The predicted octanol–water partition coefficient (Wildman–Crippen LogP) is -1.34. The van der Waals surface area contributed by atoms with E-state index in [0.29, 0.717) is 19.4 Å². The number of carboxylic acids is 2. The van der Waals surface area contributed by atoms with Crippen LogP contribution in [0.5, 0.6) is 0 Å². The van der Waals surface area contributed by atoms with Gasteiger partial charge in [-0.2, -0.15) is 0 Å². The minimum Gasteiger partial charge on any atom is -0.481 e. The summed E-state index contributed by atoms with van der Waals surface area (Å²) in [6.45, 7) is 1.55. The number of amides is 2. The van der Waals surface area contributed by atoms with E-state index in [9.17, 15) is 19.2 Å². The number of aliphatic carboxylic acids is 2. The molecule has 0 rings (SSSR count). The second-order valence-electron chi connectivity index (χ2n) is 4.53. The van der Waals surface area contributed by atoms with Crippen LogP contribution in [0.2, 0.25) is 0 Å². The normalized spacial score (nSPS) is 13.0. The Morgan fingerprint density at radius 3 is 2.10 bits per heavy atom. The Bertz CT molecular complexity index is 382. The molecule has 0 spiro atoms. The highest BCUT2D eigenvalue weighted by atomic mass is 16.4. The van der Waals surface area contributed by atoms with Crippen molar-refractivity contribution in [2.75, 3.05) is 6.54 Å². The van der Waals surface area contributed by atoms with Crippen molar-refractivity contribution in [3.05, 3.63) is 0 Å². The molecular formula is C12H21N3O6. The zero-order valence-corrected chi connectivity index (χ0v) is 11.8. The minimum atomic E-state index is -1.31. The van der Waals surface area contributed by atoms with Gasteiger partial charge in [-0.15, -0.1) is 0 Å². The topological polar surface area (TPSA) is 159 Å². The Hall–Kier alpha value is -2.16. The first-order valence-electron chi connectivity index (χ1n) is 6.50. The van der Waals surface area contributed by atoms with E-state index < -0.39 is 42.3 Å². The molecule has 120 valence electrons. The van der Waals surface area contributed by atoms with Gasteiger partial charge in [0.25, 0.3) is 0 Å². The summed E-state index contributed by atoms with van der Waals surface area (Å²) in [5.74, 6) is -3.92. The summed E-state index contributed by atoms with van der Waals surface area (Å²) in [5.41, 5.74) is 5.30. The van der Waals surface area contributed by atoms with E-state index in [2.05, 4.69) is 10.6 Å². The Morgan fingerprint density at radius 2 is 1.67 bits per heavy atom. The number of carbonyl (C=O) groups is 4. The van der Waals surface area contributed by atoms with E-state index in [1.54, 1.807) is 0 Å². The van der Waals surface area contributed by atoms with Gasteiger partial charge in [0.1, 0.15) is 12.1 Å². The van der Waals surface area contributed by atoms with E-state index in [0.717, 1.165) is 6.92 Å². The summed E-state index contributed by atoms with van der Waals surface area (Å²) in [5, 5.41) is 22.1. The van der Waals surface area contributed by atoms with Crippen molar-refractivity contribution in [2.24, 2.45) is 5.73 Å². The molecule has 0 bridgehead atoms. The van der Waals surface area contributed by atoms with Crippen LogP contribution in [0.4, 0.5) is 0 Å². The third kappa shape index (κ3) is 8.58. The van der Waals surface area contributed by atoms with Crippen molar-refractivity contribution >= 4 is 23.8 Å². The second-order valence-corrected chi connectivity index (χ2v) is 4.53. The van der Waals surface area contributed by atoms with Crippen LogP contribution in [0.3, 0.4) is 0 Å². The predicted molar refractivity (Wildman–Crippen MR) is 72.3 cm³/mol. The van der Waals surface area contributed by atoms with Gasteiger partial charge < -0.3 is 26.6 Å². The molecule has 0 saturated heterocycles. The SMILES string of the molecule is CC(=O)N[C@@H](CC(=O)O)C(=O)N[C@@H](CCCCN)C(=O)O. The lowest BCUT2D eigenvalue weighted by molar-refractivity contribution is -0.143. The number of hydrogen-bond donors (Lipinski definition) is 5. The van der Waals surface area contributed by atoms with Crippen molar-refractivity contribution in [1.82, 2.24) is 10.6 Å². The monoisotopic (exact) mass is 303 g/mol. The highest BCUT2D eigenvalue weighted by molar-refractivity contribution is 5.92. The fraction of sp³-hybridized carbons (Fsp3) is 0.667. The molecule has 2 amide bonds. The van der Waals surface area contributed by atoms with Crippen LogP contribution in [-0.4, -0.2) is 52.6 Å². The van der Waals surface area contributed by atoms with Crippen LogP contribution in [-0.2, 0) is 19.2 Å². The zero-order valence-electron chi connectivity index (χ0n) is 11.8. The molecule has 0 aliphatic heterocycles. The fourth-order valence-electron chi connectivity index (χ4n) is 1.65. The summed E-state index contributed by atoms with van der Waals surface area (Å²) in [4.78, 5) is 44.6. The molecule has 6 N–H and O–H groups in total. The Balaban J connectivity index is 4.69. The number of nitrogens with two attached hydrogens (primary N) is 1. The standard InChI is InChI=1S/C12H21N3O6/c1-7(16)14-9(6-10(17)18)11(19)15-8(12(20)21)4-2-3-5-13/h8-9H,2-6,13H2,1H3,(H,14,16)(H,15,19)(H,17,18)(H,20,21)/t8-,9-/m0/s1. The molecule has 0 fully saturated rings. The lowest BCUT2D eigenvalue weighted by Crippen LogP contribution is -2.52. The molecule has 9 nitrogen and oxygen atoms in total. The van der Waals surface area contributed by atoms with E-state index >= 15 is 0 Å². The highest BCUT2D eigenvalue weighted by Gasteiger charge is 2.27. The maximum atomic E-state index is 11.9. The van der Waals surface area contributed by atoms with Gasteiger partial charge in [-0.1, -0.05) is 0 Å². The number of unbranched alkanes of at least 4 members (excludes halogenated alkanes) is 1. The molecule has 0 aliphatic carbocycles. The minimum absolute atomic E-state index is 0.179. The van der Waals surface area contributed by atoms with Gasteiger partial charge in [0, 0.05) is 6.92 Å². The summed E-state index contributed by atoms with van der Waals surface area (Å²) in [7, 11) is 0. The Kier molecular flexibility index (Phi) is 8.70.